The molecule has 0 aliphatic carbocycles. The summed E-state index contributed by atoms with van der Waals surface area (Å²) in [4.78, 5) is 2.61. The van der Waals surface area contributed by atoms with Crippen molar-refractivity contribution in [1.82, 2.24) is 10.2 Å². The molecule has 1 N–H and O–H groups in total. The molecule has 0 saturated carbocycles. The highest BCUT2D eigenvalue weighted by Gasteiger charge is 2.20. The van der Waals surface area contributed by atoms with E-state index in [1.807, 2.05) is 6.07 Å². The first-order chi connectivity index (χ1) is 11.9. The lowest BCUT2D eigenvalue weighted by Crippen LogP contribution is -2.32. The fourth-order valence-electron chi connectivity index (χ4n) is 3.44. The van der Waals surface area contributed by atoms with Crippen molar-refractivity contribution in [2.75, 3.05) is 26.2 Å². The van der Waals surface area contributed by atoms with Crippen molar-refractivity contribution in [1.29, 1.82) is 0 Å². The minimum absolute atomic E-state index is 0.477. The molecule has 0 radical (unpaired) electrons. The number of rotatable bonds is 6. The first-order valence-electron chi connectivity index (χ1n) is 9.08. The minimum atomic E-state index is 0.477. The van der Waals surface area contributed by atoms with E-state index in [-0.39, 0.29) is 0 Å². The molecule has 0 spiro atoms. The van der Waals surface area contributed by atoms with E-state index in [2.05, 4.69) is 65.7 Å². The summed E-state index contributed by atoms with van der Waals surface area (Å²) < 4.78 is 6.01. The number of nitrogens with one attached hydrogen (secondary N) is 1. The van der Waals surface area contributed by atoms with E-state index >= 15 is 0 Å². The molecule has 1 aliphatic rings. The number of benzene rings is 2. The Morgan fingerprint density at radius 3 is 2.75 bits per heavy atom. The van der Waals surface area contributed by atoms with Gasteiger partial charge in [0.1, 0.15) is 12.4 Å². The van der Waals surface area contributed by atoms with Gasteiger partial charge in [0.25, 0.3) is 0 Å². The van der Waals surface area contributed by atoms with Gasteiger partial charge >= 0.3 is 0 Å². The highest BCUT2D eigenvalue weighted by atomic mass is 16.5. The van der Waals surface area contributed by atoms with E-state index in [1.54, 1.807) is 0 Å². The van der Waals surface area contributed by atoms with Gasteiger partial charge in [-0.3, -0.25) is 4.90 Å². The Morgan fingerprint density at radius 2 is 1.92 bits per heavy atom. The van der Waals surface area contributed by atoms with Crippen LogP contribution >= 0.6 is 0 Å². The summed E-state index contributed by atoms with van der Waals surface area (Å²) in [6, 6.07) is 19.4. The molecule has 0 bridgehead atoms. The lowest BCUT2D eigenvalue weighted by Gasteiger charge is -2.30. The van der Waals surface area contributed by atoms with Crippen molar-refractivity contribution < 1.29 is 4.74 Å². The molecule has 3 nitrogen and oxygen atoms in total. The zero-order valence-corrected chi connectivity index (χ0v) is 14.6. The lowest BCUT2D eigenvalue weighted by atomic mass is 10.0. The van der Waals surface area contributed by atoms with Gasteiger partial charge in [-0.15, -0.1) is 0 Å². The first kappa shape index (κ1) is 17.0. The average molecular weight is 324 g/mol. The molecule has 1 atom stereocenters. The van der Waals surface area contributed by atoms with Gasteiger partial charge in [0.05, 0.1) is 0 Å². The highest BCUT2D eigenvalue weighted by Crippen LogP contribution is 2.27. The van der Waals surface area contributed by atoms with Crippen LogP contribution in [0.2, 0.25) is 0 Å². The molecule has 0 amide bonds. The van der Waals surface area contributed by atoms with Crippen LogP contribution in [-0.2, 0) is 6.61 Å². The van der Waals surface area contributed by atoms with Crippen LogP contribution in [0.4, 0.5) is 0 Å². The van der Waals surface area contributed by atoms with Gasteiger partial charge < -0.3 is 10.1 Å². The Hall–Kier alpha value is -1.84. The Labute approximate surface area is 145 Å². The van der Waals surface area contributed by atoms with Crippen molar-refractivity contribution in [2.24, 2.45) is 0 Å². The van der Waals surface area contributed by atoms with Gasteiger partial charge in [0.2, 0.25) is 0 Å². The number of hydrogen-bond donors (Lipinski definition) is 1. The van der Waals surface area contributed by atoms with Crippen molar-refractivity contribution in [3.8, 4) is 5.75 Å². The van der Waals surface area contributed by atoms with E-state index in [0.717, 1.165) is 31.8 Å². The van der Waals surface area contributed by atoms with Gasteiger partial charge in [0.15, 0.2) is 0 Å². The second kappa shape index (κ2) is 8.86. The molecule has 1 fully saturated rings. The van der Waals surface area contributed by atoms with E-state index in [1.165, 1.54) is 24.1 Å². The molecule has 1 unspecified atom stereocenters. The molecule has 1 heterocycles. The third-order valence-corrected chi connectivity index (χ3v) is 4.69. The van der Waals surface area contributed by atoms with Crippen LogP contribution < -0.4 is 10.1 Å². The monoisotopic (exact) mass is 324 g/mol. The quantitative estimate of drug-likeness (QED) is 0.869. The summed E-state index contributed by atoms with van der Waals surface area (Å²) >= 11 is 0. The lowest BCUT2D eigenvalue weighted by molar-refractivity contribution is 0.204. The summed E-state index contributed by atoms with van der Waals surface area (Å²) in [6.07, 6.45) is 2.35. The average Bonchev–Trinajstić information content (AvgIpc) is 2.91. The predicted octanol–water partition coefficient (Wildman–Crippen LogP) is 4.01. The third kappa shape index (κ3) is 4.59. The second-order valence-electron chi connectivity index (χ2n) is 6.41. The maximum Gasteiger partial charge on any atom is 0.120 e. The Kier molecular flexibility index (Phi) is 6.27. The molecular weight excluding hydrogens is 296 g/mol. The highest BCUT2D eigenvalue weighted by molar-refractivity contribution is 5.31. The summed E-state index contributed by atoms with van der Waals surface area (Å²) in [6.45, 7) is 7.40. The molecule has 3 heteroatoms. The van der Waals surface area contributed by atoms with Crippen molar-refractivity contribution in [3.05, 3.63) is 65.7 Å². The van der Waals surface area contributed by atoms with Gasteiger partial charge in [0, 0.05) is 25.7 Å². The fraction of sp³-hybridized carbons (Fsp3) is 0.429. The topological polar surface area (TPSA) is 24.5 Å². The summed E-state index contributed by atoms with van der Waals surface area (Å²) in [5, 5.41) is 3.49. The maximum atomic E-state index is 6.01. The van der Waals surface area contributed by atoms with Crippen LogP contribution in [0.3, 0.4) is 0 Å². The minimum Gasteiger partial charge on any atom is -0.489 e. The Balaban J connectivity index is 1.68. The normalized spacial score (nSPS) is 17.2. The van der Waals surface area contributed by atoms with Crippen LogP contribution in [0.1, 0.15) is 36.9 Å². The summed E-state index contributed by atoms with van der Waals surface area (Å²) in [7, 11) is 0. The third-order valence-electron chi connectivity index (χ3n) is 4.69. The molecular formula is C21H28N2O. The van der Waals surface area contributed by atoms with Crippen LogP contribution in [-0.4, -0.2) is 31.1 Å². The molecule has 2 aromatic rings. The van der Waals surface area contributed by atoms with Crippen molar-refractivity contribution in [3.63, 3.8) is 0 Å². The molecule has 0 aromatic heterocycles. The van der Waals surface area contributed by atoms with Gasteiger partial charge in [-0.1, -0.05) is 49.4 Å². The van der Waals surface area contributed by atoms with E-state index in [0.29, 0.717) is 12.6 Å². The largest absolute Gasteiger partial charge is 0.489 e. The molecule has 1 aliphatic heterocycles. The molecule has 24 heavy (non-hydrogen) atoms. The Morgan fingerprint density at radius 1 is 1.04 bits per heavy atom. The molecule has 1 saturated heterocycles. The molecule has 3 rings (SSSR count). The zero-order valence-electron chi connectivity index (χ0n) is 14.6. The maximum absolute atomic E-state index is 6.01. The summed E-state index contributed by atoms with van der Waals surface area (Å²) in [5.41, 5.74) is 2.57. The van der Waals surface area contributed by atoms with Crippen LogP contribution in [0.25, 0.3) is 0 Å². The second-order valence-corrected chi connectivity index (χ2v) is 6.41. The number of hydrogen-bond acceptors (Lipinski definition) is 3. The van der Waals surface area contributed by atoms with E-state index in [4.69, 9.17) is 4.74 Å². The number of ether oxygens (including phenoxy) is 1. The van der Waals surface area contributed by atoms with E-state index in [9.17, 15) is 0 Å². The van der Waals surface area contributed by atoms with Crippen molar-refractivity contribution >= 4 is 0 Å². The first-order valence-corrected chi connectivity index (χ1v) is 9.08. The number of nitrogens with zero attached hydrogens (tertiary/aromatic N) is 1. The van der Waals surface area contributed by atoms with Crippen LogP contribution in [0.5, 0.6) is 5.75 Å². The molecule has 2 aromatic carbocycles. The fourth-order valence-corrected chi connectivity index (χ4v) is 3.44. The van der Waals surface area contributed by atoms with Crippen molar-refractivity contribution in [2.45, 2.75) is 32.4 Å². The predicted molar refractivity (Wildman–Crippen MR) is 99.3 cm³/mol. The SMILES string of the molecule is CCC(c1cccc(OCc2ccccc2)c1)N1CCCNCC1. The van der Waals surface area contributed by atoms with E-state index < -0.39 is 0 Å². The molecule has 128 valence electrons. The zero-order chi connectivity index (χ0) is 16.6. The Bertz CT molecular complexity index is 606. The van der Waals surface area contributed by atoms with Gasteiger partial charge in [-0.05, 0) is 42.6 Å². The smallest absolute Gasteiger partial charge is 0.120 e. The standard InChI is InChI=1S/C21H28N2O/c1-2-21(23-14-7-12-22-13-15-23)19-10-6-11-20(16-19)24-17-18-8-4-3-5-9-18/h3-6,8-11,16,21-22H,2,7,12-15,17H2,1H3. The van der Waals surface area contributed by atoms with Crippen LogP contribution in [0.15, 0.2) is 54.6 Å². The van der Waals surface area contributed by atoms with Gasteiger partial charge in [-0.2, -0.15) is 0 Å². The van der Waals surface area contributed by atoms with Crippen LogP contribution in [0, 0.1) is 0 Å². The summed E-state index contributed by atoms with van der Waals surface area (Å²) in [5.74, 6) is 0.961. The van der Waals surface area contributed by atoms with Gasteiger partial charge in [-0.25, -0.2) is 0 Å².